The maximum atomic E-state index is 13.4. The van der Waals surface area contributed by atoms with Gasteiger partial charge in [0.15, 0.2) is 5.65 Å². The molecule has 7 heteroatoms. The molecule has 2 aromatic heterocycles. The lowest BCUT2D eigenvalue weighted by atomic mass is 10.2. The zero-order valence-corrected chi connectivity index (χ0v) is 14.6. The largest absolute Gasteiger partial charge is 0.462 e. The summed E-state index contributed by atoms with van der Waals surface area (Å²) >= 11 is 0. The van der Waals surface area contributed by atoms with Crippen molar-refractivity contribution in [2.45, 2.75) is 13.3 Å². The van der Waals surface area contributed by atoms with Crippen LogP contribution in [0, 0.1) is 5.82 Å². The molecule has 4 rings (SSSR count). The predicted molar refractivity (Wildman–Crippen MR) is 101 cm³/mol. The van der Waals surface area contributed by atoms with Gasteiger partial charge in [-0.25, -0.2) is 19.2 Å². The molecule has 2 N–H and O–H groups in total. The first kappa shape index (κ1) is 17.0. The molecule has 0 aliphatic heterocycles. The van der Waals surface area contributed by atoms with Crippen molar-refractivity contribution < 1.29 is 13.9 Å². The van der Waals surface area contributed by atoms with Crippen molar-refractivity contribution in [3.8, 4) is 5.69 Å². The van der Waals surface area contributed by atoms with Crippen LogP contribution in [0.2, 0.25) is 0 Å². The minimum Gasteiger partial charge on any atom is -0.462 e. The van der Waals surface area contributed by atoms with Crippen LogP contribution in [0.4, 0.5) is 10.2 Å². The van der Waals surface area contributed by atoms with Crippen molar-refractivity contribution >= 4 is 34.0 Å². The van der Waals surface area contributed by atoms with Crippen molar-refractivity contribution in [2.75, 3.05) is 12.3 Å². The topological polar surface area (TPSA) is 83.0 Å². The molecule has 0 saturated heterocycles. The van der Waals surface area contributed by atoms with Gasteiger partial charge >= 0.3 is 5.97 Å². The lowest BCUT2D eigenvalue weighted by Crippen LogP contribution is -2.09. The Hall–Kier alpha value is -3.48. The molecule has 0 saturated carbocycles. The fourth-order valence-electron chi connectivity index (χ4n) is 2.98. The molecular formula is C20H17FN4O2. The summed E-state index contributed by atoms with van der Waals surface area (Å²) in [6, 6.07) is 13.1. The molecule has 0 fully saturated rings. The fourth-order valence-corrected chi connectivity index (χ4v) is 2.98. The molecule has 27 heavy (non-hydrogen) atoms. The number of fused-ring (bicyclic) bond motifs is 2. The zero-order chi connectivity index (χ0) is 19.0. The first-order chi connectivity index (χ1) is 13.1. The van der Waals surface area contributed by atoms with E-state index >= 15 is 0 Å². The van der Waals surface area contributed by atoms with Crippen LogP contribution in [0.25, 0.3) is 27.9 Å². The van der Waals surface area contributed by atoms with E-state index in [1.807, 2.05) is 31.2 Å². The minimum absolute atomic E-state index is 0.160. The number of ether oxygens (including phenoxy) is 1. The monoisotopic (exact) mass is 364 g/mol. The Balaban J connectivity index is 2.03. The summed E-state index contributed by atoms with van der Waals surface area (Å²) in [5.41, 5.74) is 9.15. The smallest absolute Gasteiger partial charge is 0.344 e. The molecule has 2 heterocycles. The average molecular weight is 364 g/mol. The molecule has 6 nitrogen and oxygen atoms in total. The summed E-state index contributed by atoms with van der Waals surface area (Å²) in [6.45, 7) is 2.19. The van der Waals surface area contributed by atoms with E-state index in [1.54, 1.807) is 16.7 Å². The van der Waals surface area contributed by atoms with E-state index in [0.29, 0.717) is 34.3 Å². The molecule has 0 bridgehead atoms. The molecule has 4 aromatic rings. The molecule has 0 atom stereocenters. The van der Waals surface area contributed by atoms with E-state index < -0.39 is 5.97 Å². The maximum Gasteiger partial charge on any atom is 0.344 e. The number of hydrogen-bond acceptors (Lipinski definition) is 5. The predicted octanol–water partition coefficient (Wildman–Crippen LogP) is 3.86. The fraction of sp³-hybridized carbons (Fsp3) is 0.150. The van der Waals surface area contributed by atoms with Crippen LogP contribution < -0.4 is 5.73 Å². The van der Waals surface area contributed by atoms with Gasteiger partial charge < -0.3 is 10.5 Å². The van der Waals surface area contributed by atoms with E-state index in [1.165, 1.54) is 12.1 Å². The molecule has 0 amide bonds. The Bertz CT molecular complexity index is 1150. The number of aromatic nitrogens is 3. The highest BCUT2D eigenvalue weighted by Crippen LogP contribution is 2.31. The number of halogens is 1. The Kier molecular flexibility index (Phi) is 4.19. The van der Waals surface area contributed by atoms with Gasteiger partial charge in [0.2, 0.25) is 0 Å². The number of carbonyl (C=O) groups excluding carboxylic acids is 1. The summed E-state index contributed by atoms with van der Waals surface area (Å²) in [5, 5.41) is 0. The third kappa shape index (κ3) is 2.87. The number of anilines is 1. The highest BCUT2D eigenvalue weighted by Gasteiger charge is 2.25. The number of carbonyl (C=O) groups is 1. The van der Waals surface area contributed by atoms with Crippen molar-refractivity contribution in [3.63, 3.8) is 0 Å². The van der Waals surface area contributed by atoms with Crippen molar-refractivity contribution in [2.24, 2.45) is 0 Å². The molecule has 0 unspecified atom stereocenters. The van der Waals surface area contributed by atoms with Crippen molar-refractivity contribution in [3.05, 3.63) is 59.9 Å². The number of nitrogens with zero attached hydrogens (tertiary/aromatic N) is 3. The third-order valence-corrected chi connectivity index (χ3v) is 4.22. The van der Waals surface area contributed by atoms with Gasteiger partial charge in [-0.05, 0) is 42.8 Å². The molecule has 0 aliphatic carbocycles. The van der Waals surface area contributed by atoms with Crippen LogP contribution in [0.1, 0.15) is 23.7 Å². The Morgan fingerprint density at radius 3 is 2.44 bits per heavy atom. The highest BCUT2D eigenvalue weighted by molar-refractivity contribution is 6.09. The van der Waals surface area contributed by atoms with Crippen molar-refractivity contribution in [1.29, 1.82) is 0 Å². The second-order valence-corrected chi connectivity index (χ2v) is 6.09. The van der Waals surface area contributed by atoms with Crippen LogP contribution >= 0.6 is 0 Å². The summed E-state index contributed by atoms with van der Waals surface area (Å²) < 4.78 is 20.2. The van der Waals surface area contributed by atoms with Gasteiger partial charge in [-0.15, -0.1) is 0 Å². The highest BCUT2D eigenvalue weighted by atomic mass is 19.1. The van der Waals surface area contributed by atoms with Gasteiger partial charge in [-0.1, -0.05) is 19.1 Å². The number of para-hydroxylation sites is 2. The first-order valence-electron chi connectivity index (χ1n) is 8.60. The van der Waals surface area contributed by atoms with Crippen LogP contribution in [-0.4, -0.2) is 27.1 Å². The number of benzene rings is 2. The summed E-state index contributed by atoms with van der Waals surface area (Å²) in [7, 11) is 0. The third-order valence-electron chi connectivity index (χ3n) is 4.22. The van der Waals surface area contributed by atoms with E-state index in [4.69, 9.17) is 10.5 Å². The molecule has 0 aliphatic rings. The molecule has 0 spiro atoms. The summed E-state index contributed by atoms with van der Waals surface area (Å²) in [6.07, 6.45) is 0.691. The van der Waals surface area contributed by atoms with Crippen LogP contribution in [-0.2, 0) is 4.74 Å². The normalized spacial score (nSPS) is 11.2. The average Bonchev–Trinajstić information content (AvgIpc) is 2.96. The summed E-state index contributed by atoms with van der Waals surface area (Å²) in [4.78, 5) is 21.9. The zero-order valence-electron chi connectivity index (χ0n) is 14.6. The van der Waals surface area contributed by atoms with Gasteiger partial charge in [-0.3, -0.25) is 4.57 Å². The lowest BCUT2D eigenvalue weighted by Gasteiger charge is -2.08. The standard InChI is InChI=1S/C20H17FN4O2/c1-2-11-27-20(26)16-17-19(24-15-6-4-3-5-14(15)23-17)25(18(16)22)13-9-7-12(21)8-10-13/h3-10H,2,11,22H2,1H3. The van der Waals surface area contributed by atoms with E-state index in [9.17, 15) is 9.18 Å². The van der Waals surface area contributed by atoms with Gasteiger partial charge in [0.25, 0.3) is 0 Å². The van der Waals surface area contributed by atoms with E-state index in [0.717, 1.165) is 0 Å². The number of hydrogen-bond donors (Lipinski definition) is 1. The van der Waals surface area contributed by atoms with Gasteiger partial charge in [-0.2, -0.15) is 0 Å². The molecule has 136 valence electrons. The van der Waals surface area contributed by atoms with Crippen LogP contribution in [0.3, 0.4) is 0 Å². The second kappa shape index (κ2) is 6.68. The van der Waals surface area contributed by atoms with Gasteiger partial charge in [0, 0.05) is 5.69 Å². The number of esters is 1. The van der Waals surface area contributed by atoms with Crippen LogP contribution in [0.5, 0.6) is 0 Å². The first-order valence-corrected chi connectivity index (χ1v) is 8.60. The van der Waals surface area contributed by atoms with E-state index in [2.05, 4.69) is 9.97 Å². The Morgan fingerprint density at radius 2 is 1.78 bits per heavy atom. The van der Waals surface area contributed by atoms with Crippen LogP contribution in [0.15, 0.2) is 48.5 Å². The number of nitrogens with two attached hydrogens (primary N) is 1. The van der Waals surface area contributed by atoms with E-state index in [-0.39, 0.29) is 23.8 Å². The second-order valence-electron chi connectivity index (χ2n) is 6.09. The van der Waals surface area contributed by atoms with Gasteiger partial charge in [0.05, 0.1) is 17.6 Å². The molecular weight excluding hydrogens is 347 g/mol. The van der Waals surface area contributed by atoms with Gasteiger partial charge in [0.1, 0.15) is 22.7 Å². The lowest BCUT2D eigenvalue weighted by molar-refractivity contribution is 0.0508. The minimum atomic E-state index is -0.551. The molecule has 2 aromatic carbocycles. The van der Waals surface area contributed by atoms with Crippen molar-refractivity contribution in [1.82, 2.24) is 14.5 Å². The molecule has 0 radical (unpaired) electrons. The maximum absolute atomic E-state index is 13.4. The number of nitrogen functional groups attached to an aromatic ring is 1. The quantitative estimate of drug-likeness (QED) is 0.556. The Morgan fingerprint density at radius 1 is 1.11 bits per heavy atom. The summed E-state index contributed by atoms with van der Waals surface area (Å²) in [5.74, 6) is -0.759. The number of rotatable bonds is 4. The SMILES string of the molecule is CCCOC(=O)c1c(N)n(-c2ccc(F)cc2)c2nc3ccccc3nc12. The Labute approximate surface area is 154 Å².